The van der Waals surface area contributed by atoms with Gasteiger partial charge in [-0.25, -0.2) is 0 Å². The number of nitrogens with one attached hydrogen (secondary N) is 2. The van der Waals surface area contributed by atoms with Gasteiger partial charge < -0.3 is 0 Å². The van der Waals surface area contributed by atoms with Crippen LogP contribution in [0.25, 0.3) is 0 Å². The van der Waals surface area contributed by atoms with Crippen molar-refractivity contribution < 1.29 is 0 Å². The first kappa shape index (κ1) is 15.8. The third-order valence-corrected chi connectivity index (χ3v) is 3.83. The van der Waals surface area contributed by atoms with Crippen molar-refractivity contribution in [2.45, 2.75) is 12.2 Å². The SMILES string of the molecule is CN(C)C(CCN1CNCNC1)(N(C)C)N(C)C. The van der Waals surface area contributed by atoms with Gasteiger partial charge in [0.2, 0.25) is 0 Å². The van der Waals surface area contributed by atoms with Gasteiger partial charge in [-0.3, -0.25) is 30.2 Å². The molecule has 6 heteroatoms. The average Bonchev–Trinajstić information content (AvgIpc) is 2.29. The van der Waals surface area contributed by atoms with Gasteiger partial charge in [-0.2, -0.15) is 0 Å². The summed E-state index contributed by atoms with van der Waals surface area (Å²) < 4.78 is 0. The van der Waals surface area contributed by atoms with Crippen molar-refractivity contribution >= 4 is 0 Å². The van der Waals surface area contributed by atoms with E-state index in [1.54, 1.807) is 0 Å². The molecule has 0 aromatic rings. The van der Waals surface area contributed by atoms with E-state index in [2.05, 4.69) is 72.5 Å². The fourth-order valence-corrected chi connectivity index (χ4v) is 2.91. The summed E-state index contributed by atoms with van der Waals surface area (Å²) in [7, 11) is 12.9. The largest absolute Gasteiger partial charge is 0.292 e. The lowest BCUT2D eigenvalue weighted by Gasteiger charge is -2.50. The van der Waals surface area contributed by atoms with Crippen LogP contribution >= 0.6 is 0 Å². The normalized spacial score (nSPS) is 19.2. The van der Waals surface area contributed by atoms with E-state index in [9.17, 15) is 0 Å². The average molecular weight is 258 g/mol. The van der Waals surface area contributed by atoms with Gasteiger partial charge >= 0.3 is 0 Å². The number of hydrogen-bond acceptors (Lipinski definition) is 6. The fraction of sp³-hybridized carbons (Fsp3) is 1.00. The molecule has 0 aliphatic carbocycles. The van der Waals surface area contributed by atoms with Crippen molar-refractivity contribution in [3.05, 3.63) is 0 Å². The molecule has 0 saturated carbocycles. The second-order valence-corrected chi connectivity index (χ2v) is 5.60. The van der Waals surface area contributed by atoms with Crippen molar-refractivity contribution in [3.63, 3.8) is 0 Å². The molecular weight excluding hydrogens is 228 g/mol. The van der Waals surface area contributed by atoms with E-state index in [0.717, 1.165) is 33.0 Å². The first-order valence-corrected chi connectivity index (χ1v) is 6.57. The van der Waals surface area contributed by atoms with Gasteiger partial charge in [-0.1, -0.05) is 0 Å². The summed E-state index contributed by atoms with van der Waals surface area (Å²) in [5.74, 6) is -0.0442. The number of rotatable bonds is 6. The van der Waals surface area contributed by atoms with Gasteiger partial charge in [0.25, 0.3) is 0 Å². The molecule has 1 heterocycles. The maximum Gasteiger partial charge on any atom is 0.130 e. The Morgan fingerprint density at radius 1 is 0.889 bits per heavy atom. The van der Waals surface area contributed by atoms with Crippen LogP contribution in [0.15, 0.2) is 0 Å². The molecule has 0 spiro atoms. The molecule has 1 rings (SSSR count). The molecule has 0 unspecified atom stereocenters. The Balaban J connectivity index is 2.65. The Hall–Kier alpha value is -0.240. The van der Waals surface area contributed by atoms with Crippen LogP contribution in [0.3, 0.4) is 0 Å². The van der Waals surface area contributed by atoms with Gasteiger partial charge in [-0.05, 0) is 42.3 Å². The van der Waals surface area contributed by atoms with Crippen LogP contribution in [0.2, 0.25) is 0 Å². The minimum atomic E-state index is -0.0442. The van der Waals surface area contributed by atoms with Crippen LogP contribution in [-0.4, -0.2) is 94.2 Å². The quantitative estimate of drug-likeness (QED) is 0.601. The molecule has 18 heavy (non-hydrogen) atoms. The summed E-state index contributed by atoms with van der Waals surface area (Å²) in [5.41, 5.74) is 0. The van der Waals surface area contributed by atoms with E-state index in [0.29, 0.717) is 0 Å². The molecule has 1 saturated heterocycles. The standard InChI is InChI=1S/C12H30N6/c1-15(2)12(16(3)4,17(5)6)7-8-18-10-13-9-14-11-18/h13-14H,7-11H2,1-6H3. The maximum absolute atomic E-state index is 3.33. The molecule has 1 aliphatic rings. The Labute approximate surface area is 112 Å². The van der Waals surface area contributed by atoms with Gasteiger partial charge in [-0.15, -0.1) is 0 Å². The zero-order chi connectivity index (χ0) is 13.8. The van der Waals surface area contributed by atoms with Gasteiger partial charge in [0.05, 0.1) is 13.3 Å². The van der Waals surface area contributed by atoms with Gasteiger partial charge in [0, 0.05) is 19.6 Å². The summed E-state index contributed by atoms with van der Waals surface area (Å²) >= 11 is 0. The van der Waals surface area contributed by atoms with Crippen molar-refractivity contribution in [2.24, 2.45) is 0 Å². The van der Waals surface area contributed by atoms with Crippen LogP contribution in [0.4, 0.5) is 0 Å². The van der Waals surface area contributed by atoms with Gasteiger partial charge in [0.1, 0.15) is 5.79 Å². The van der Waals surface area contributed by atoms with E-state index in [1.165, 1.54) is 0 Å². The van der Waals surface area contributed by atoms with Crippen molar-refractivity contribution in [1.29, 1.82) is 0 Å². The summed E-state index contributed by atoms with van der Waals surface area (Å²) in [6, 6.07) is 0. The lowest BCUT2D eigenvalue weighted by Crippen LogP contribution is -2.65. The molecule has 1 aliphatic heterocycles. The Morgan fingerprint density at radius 3 is 1.72 bits per heavy atom. The zero-order valence-electron chi connectivity index (χ0n) is 12.8. The van der Waals surface area contributed by atoms with E-state index in [-0.39, 0.29) is 5.79 Å². The lowest BCUT2D eigenvalue weighted by molar-refractivity contribution is -0.118. The Morgan fingerprint density at radius 2 is 1.33 bits per heavy atom. The van der Waals surface area contributed by atoms with E-state index in [1.807, 2.05) is 0 Å². The van der Waals surface area contributed by atoms with Crippen LogP contribution in [-0.2, 0) is 0 Å². The van der Waals surface area contributed by atoms with E-state index in [4.69, 9.17) is 0 Å². The highest BCUT2D eigenvalue weighted by atomic mass is 15.5. The van der Waals surface area contributed by atoms with Crippen molar-refractivity contribution in [2.75, 3.05) is 68.8 Å². The third-order valence-electron chi connectivity index (χ3n) is 3.83. The molecule has 0 atom stereocenters. The molecule has 6 nitrogen and oxygen atoms in total. The summed E-state index contributed by atoms with van der Waals surface area (Å²) in [4.78, 5) is 9.27. The second kappa shape index (κ2) is 6.79. The summed E-state index contributed by atoms with van der Waals surface area (Å²) in [5, 5.41) is 6.67. The van der Waals surface area contributed by atoms with Crippen LogP contribution < -0.4 is 10.6 Å². The number of nitrogens with zero attached hydrogens (tertiary/aromatic N) is 4. The fourth-order valence-electron chi connectivity index (χ4n) is 2.91. The molecule has 2 N–H and O–H groups in total. The highest BCUT2D eigenvalue weighted by Crippen LogP contribution is 2.22. The minimum Gasteiger partial charge on any atom is -0.292 e. The van der Waals surface area contributed by atoms with Crippen molar-refractivity contribution in [1.82, 2.24) is 30.2 Å². The molecular formula is C12H30N6. The first-order valence-electron chi connectivity index (χ1n) is 6.57. The summed E-state index contributed by atoms with van der Waals surface area (Å²) in [6.07, 6.45) is 1.07. The van der Waals surface area contributed by atoms with Crippen LogP contribution in [0, 0.1) is 0 Å². The monoisotopic (exact) mass is 258 g/mol. The zero-order valence-corrected chi connectivity index (χ0v) is 12.8. The highest BCUT2D eigenvalue weighted by Gasteiger charge is 2.37. The highest BCUT2D eigenvalue weighted by molar-refractivity contribution is 4.83. The minimum absolute atomic E-state index is 0.0442. The maximum atomic E-state index is 3.33. The molecule has 0 aromatic heterocycles. The Bertz CT molecular complexity index is 213. The molecule has 0 aromatic carbocycles. The molecule has 0 bridgehead atoms. The molecule has 0 amide bonds. The predicted molar refractivity (Wildman–Crippen MR) is 76.0 cm³/mol. The van der Waals surface area contributed by atoms with Crippen LogP contribution in [0.1, 0.15) is 6.42 Å². The van der Waals surface area contributed by atoms with E-state index >= 15 is 0 Å². The summed E-state index contributed by atoms with van der Waals surface area (Å²) in [6.45, 7) is 3.92. The lowest BCUT2D eigenvalue weighted by atomic mass is 10.1. The predicted octanol–water partition coefficient (Wildman–Crippen LogP) is -0.918. The van der Waals surface area contributed by atoms with Gasteiger partial charge in [0.15, 0.2) is 0 Å². The second-order valence-electron chi connectivity index (χ2n) is 5.60. The van der Waals surface area contributed by atoms with E-state index < -0.39 is 0 Å². The third kappa shape index (κ3) is 3.40. The first-order chi connectivity index (χ1) is 8.41. The van der Waals surface area contributed by atoms with Crippen LogP contribution in [0.5, 0.6) is 0 Å². The molecule has 108 valence electrons. The topological polar surface area (TPSA) is 37.0 Å². The van der Waals surface area contributed by atoms with Crippen molar-refractivity contribution in [3.8, 4) is 0 Å². The molecule has 1 fully saturated rings. The smallest absolute Gasteiger partial charge is 0.130 e. The number of hydrogen-bond donors (Lipinski definition) is 2. The Kier molecular flexibility index (Phi) is 5.97. The molecule has 0 radical (unpaired) electrons.